The van der Waals surface area contributed by atoms with Crippen LogP contribution in [0.25, 0.3) is 11.1 Å². The molecule has 0 spiro atoms. The lowest BCUT2D eigenvalue weighted by Gasteiger charge is -2.09. The number of halogens is 2. The molecule has 152 valence electrons. The summed E-state index contributed by atoms with van der Waals surface area (Å²) in [6, 6.07) is 14.3. The van der Waals surface area contributed by atoms with Gasteiger partial charge in [-0.25, -0.2) is 14.5 Å². The lowest BCUT2D eigenvalue weighted by Crippen LogP contribution is -2.14. The van der Waals surface area contributed by atoms with Gasteiger partial charge in [-0.3, -0.25) is 0 Å². The predicted molar refractivity (Wildman–Crippen MR) is 106 cm³/mol. The van der Waals surface area contributed by atoms with E-state index in [1.807, 2.05) is 37.3 Å². The first-order valence-electron chi connectivity index (χ1n) is 9.58. The second kappa shape index (κ2) is 8.51. The molecule has 5 nitrogen and oxygen atoms in total. The van der Waals surface area contributed by atoms with Crippen molar-refractivity contribution in [3.8, 4) is 11.1 Å². The second-order valence-corrected chi connectivity index (χ2v) is 6.90. The van der Waals surface area contributed by atoms with E-state index in [4.69, 9.17) is 5.11 Å². The molecule has 0 aliphatic rings. The Morgan fingerprint density at radius 2 is 1.83 bits per heavy atom. The number of alkyl halides is 2. The Bertz CT molecular complexity index is 998. The van der Waals surface area contributed by atoms with Gasteiger partial charge in [-0.2, -0.15) is 8.78 Å². The molecule has 1 heterocycles. The molecule has 0 aliphatic carbocycles. The highest BCUT2D eigenvalue weighted by Crippen LogP contribution is 2.29. The largest absolute Gasteiger partial charge is 0.478 e. The topological polar surface area (TPSA) is 68.0 Å². The zero-order chi connectivity index (χ0) is 21.0. The van der Waals surface area contributed by atoms with Crippen LogP contribution in [0, 0.1) is 0 Å². The lowest BCUT2D eigenvalue weighted by atomic mass is 10.0. The summed E-state index contributed by atoms with van der Waals surface area (Å²) in [6.07, 6.45) is 1.02. The van der Waals surface area contributed by atoms with E-state index in [2.05, 4.69) is 10.1 Å². The van der Waals surface area contributed by atoms with E-state index in [1.165, 1.54) is 6.92 Å². The average molecular weight is 399 g/mol. The monoisotopic (exact) mass is 399 g/mol. The molecule has 2 aromatic carbocycles. The first-order chi connectivity index (χ1) is 13.8. The van der Waals surface area contributed by atoms with Crippen LogP contribution in [0.15, 0.2) is 48.5 Å². The zero-order valence-corrected chi connectivity index (χ0v) is 16.4. The Kier molecular flexibility index (Phi) is 6.06. The molecule has 0 unspecified atom stereocenters. The second-order valence-electron chi connectivity index (χ2n) is 6.90. The maximum Gasteiger partial charge on any atom is 0.335 e. The molecular weight excluding hydrogens is 376 g/mol. The van der Waals surface area contributed by atoms with Gasteiger partial charge in [0.1, 0.15) is 5.82 Å². The maximum atomic E-state index is 14.0. The van der Waals surface area contributed by atoms with Crippen molar-refractivity contribution in [2.45, 2.75) is 45.6 Å². The molecule has 0 atom stereocenters. The van der Waals surface area contributed by atoms with Crippen LogP contribution in [0.5, 0.6) is 0 Å². The fourth-order valence-corrected chi connectivity index (χ4v) is 3.03. The van der Waals surface area contributed by atoms with Crippen molar-refractivity contribution in [1.29, 1.82) is 0 Å². The van der Waals surface area contributed by atoms with Crippen LogP contribution in [0.1, 0.15) is 54.3 Å². The van der Waals surface area contributed by atoms with Crippen molar-refractivity contribution in [3.05, 3.63) is 71.3 Å². The molecular formula is C22H23F2N3O2. The smallest absolute Gasteiger partial charge is 0.335 e. The van der Waals surface area contributed by atoms with Gasteiger partial charge in [0.2, 0.25) is 5.82 Å². The average Bonchev–Trinajstić information content (AvgIpc) is 3.12. The van der Waals surface area contributed by atoms with E-state index >= 15 is 0 Å². The van der Waals surface area contributed by atoms with Crippen LogP contribution >= 0.6 is 0 Å². The minimum absolute atomic E-state index is 0.225. The Hall–Kier alpha value is -3.09. The van der Waals surface area contributed by atoms with E-state index in [0.29, 0.717) is 18.8 Å². The van der Waals surface area contributed by atoms with Crippen molar-refractivity contribution < 1.29 is 18.7 Å². The first kappa shape index (κ1) is 20.6. The number of carbonyl (C=O) groups is 1. The fraction of sp³-hybridized carbons (Fsp3) is 0.318. The van der Waals surface area contributed by atoms with Crippen LogP contribution in [0.4, 0.5) is 8.78 Å². The number of aromatic nitrogens is 3. The van der Waals surface area contributed by atoms with Crippen LogP contribution in [-0.2, 0) is 18.9 Å². The van der Waals surface area contributed by atoms with E-state index in [1.54, 1.807) is 22.9 Å². The summed E-state index contributed by atoms with van der Waals surface area (Å²) < 4.78 is 29.6. The lowest BCUT2D eigenvalue weighted by molar-refractivity contribution is -0.0177. The van der Waals surface area contributed by atoms with Gasteiger partial charge in [-0.15, -0.1) is 5.10 Å². The third-order valence-corrected chi connectivity index (χ3v) is 4.72. The van der Waals surface area contributed by atoms with Gasteiger partial charge in [0.15, 0.2) is 0 Å². The summed E-state index contributed by atoms with van der Waals surface area (Å²) in [5.74, 6) is -3.88. The highest BCUT2D eigenvalue weighted by atomic mass is 19.3. The van der Waals surface area contributed by atoms with E-state index in [0.717, 1.165) is 23.1 Å². The standard InChI is InChI=1S/C22H23F2N3O2/c1-3-6-19-25-21(22(23,24)4-2)26-27(19)14-15-9-11-16(12-10-15)17-7-5-8-18(13-17)20(28)29/h5,7-13H,3-4,6,14H2,1-2H3,(H,28,29). The highest BCUT2D eigenvalue weighted by Gasteiger charge is 2.34. The van der Waals surface area contributed by atoms with Crippen LogP contribution in [0.2, 0.25) is 0 Å². The quantitative estimate of drug-likeness (QED) is 0.569. The number of aromatic carboxylic acids is 1. The van der Waals surface area contributed by atoms with Crippen LogP contribution in [-0.4, -0.2) is 25.8 Å². The normalized spacial score (nSPS) is 11.6. The molecule has 1 N–H and O–H groups in total. The van der Waals surface area contributed by atoms with Crippen molar-refractivity contribution in [2.24, 2.45) is 0 Å². The van der Waals surface area contributed by atoms with Crippen molar-refractivity contribution in [3.63, 3.8) is 0 Å². The zero-order valence-electron chi connectivity index (χ0n) is 16.4. The predicted octanol–water partition coefficient (Wildman–Crippen LogP) is 5.15. The Morgan fingerprint density at radius 1 is 1.10 bits per heavy atom. The molecule has 0 saturated heterocycles. The molecule has 0 fully saturated rings. The summed E-state index contributed by atoms with van der Waals surface area (Å²) in [4.78, 5) is 15.2. The number of carboxylic acids is 1. The fourth-order valence-electron chi connectivity index (χ4n) is 3.03. The summed E-state index contributed by atoms with van der Waals surface area (Å²) in [6.45, 7) is 3.73. The van der Waals surface area contributed by atoms with Gasteiger partial charge in [0.25, 0.3) is 0 Å². The summed E-state index contributed by atoms with van der Waals surface area (Å²) >= 11 is 0. The maximum absolute atomic E-state index is 14.0. The molecule has 7 heteroatoms. The van der Waals surface area contributed by atoms with Gasteiger partial charge in [0.05, 0.1) is 12.1 Å². The van der Waals surface area contributed by atoms with Crippen LogP contribution in [0.3, 0.4) is 0 Å². The van der Waals surface area contributed by atoms with Crippen molar-refractivity contribution in [1.82, 2.24) is 14.8 Å². The molecule has 29 heavy (non-hydrogen) atoms. The molecule has 0 aliphatic heterocycles. The Balaban J connectivity index is 1.84. The number of nitrogens with zero attached hydrogens (tertiary/aromatic N) is 3. The summed E-state index contributed by atoms with van der Waals surface area (Å²) in [7, 11) is 0. The van der Waals surface area contributed by atoms with Gasteiger partial charge in [-0.05, 0) is 35.2 Å². The Labute approximate surface area is 168 Å². The third kappa shape index (κ3) is 4.67. The van der Waals surface area contributed by atoms with Gasteiger partial charge >= 0.3 is 11.9 Å². The van der Waals surface area contributed by atoms with Gasteiger partial charge < -0.3 is 5.11 Å². The molecule has 0 radical (unpaired) electrons. The minimum atomic E-state index is -3.03. The van der Waals surface area contributed by atoms with Crippen molar-refractivity contribution in [2.75, 3.05) is 0 Å². The molecule has 3 rings (SSSR count). The van der Waals surface area contributed by atoms with Crippen LogP contribution < -0.4 is 0 Å². The van der Waals surface area contributed by atoms with E-state index < -0.39 is 17.7 Å². The minimum Gasteiger partial charge on any atom is -0.478 e. The molecule has 0 saturated carbocycles. The number of hydrogen-bond donors (Lipinski definition) is 1. The van der Waals surface area contributed by atoms with E-state index in [9.17, 15) is 13.6 Å². The highest BCUT2D eigenvalue weighted by molar-refractivity contribution is 5.89. The number of carboxylic acid groups (broad SMARTS) is 1. The summed E-state index contributed by atoms with van der Waals surface area (Å²) in [5.41, 5.74) is 2.80. The number of rotatable bonds is 8. The molecule has 0 bridgehead atoms. The first-order valence-corrected chi connectivity index (χ1v) is 9.58. The van der Waals surface area contributed by atoms with Gasteiger partial charge in [0, 0.05) is 12.8 Å². The van der Waals surface area contributed by atoms with Crippen molar-refractivity contribution >= 4 is 5.97 Å². The van der Waals surface area contributed by atoms with Gasteiger partial charge in [-0.1, -0.05) is 50.2 Å². The number of aryl methyl sites for hydroxylation is 1. The number of hydrogen-bond acceptors (Lipinski definition) is 3. The third-order valence-electron chi connectivity index (χ3n) is 4.72. The summed E-state index contributed by atoms with van der Waals surface area (Å²) in [5, 5.41) is 13.2. The molecule has 0 amide bonds. The van der Waals surface area contributed by atoms with E-state index in [-0.39, 0.29) is 12.0 Å². The Morgan fingerprint density at radius 3 is 2.45 bits per heavy atom. The molecule has 1 aromatic heterocycles. The molecule has 3 aromatic rings. The number of benzene rings is 2. The SMILES string of the molecule is CCCc1nc(C(F)(F)CC)nn1Cc1ccc(-c2cccc(C(=O)O)c2)cc1.